The van der Waals surface area contributed by atoms with Crippen molar-refractivity contribution in [2.45, 2.75) is 94.5 Å². The van der Waals surface area contributed by atoms with Crippen LogP contribution in [0.3, 0.4) is 0 Å². The third kappa shape index (κ3) is 9.16. The summed E-state index contributed by atoms with van der Waals surface area (Å²) in [5.41, 5.74) is 3.17. The van der Waals surface area contributed by atoms with Crippen molar-refractivity contribution in [1.29, 1.82) is 0 Å². The summed E-state index contributed by atoms with van der Waals surface area (Å²) < 4.78 is 0.243. The third-order valence-corrected chi connectivity index (χ3v) is 13.9. The molecule has 1 aromatic carbocycles. The molecule has 0 atom stereocenters. The number of aryl methyl sites for hydroxylation is 2. The van der Waals surface area contributed by atoms with Crippen molar-refractivity contribution >= 4 is 13.3 Å². The number of benzene rings is 1. The molecular weight excluding hydrogens is 483 g/mol. The average Bonchev–Trinajstić information content (AvgIpc) is 3.11. The SMILES string of the molecule is CCCCCCc1cc(CCCCCC)cc([Si](C)(C)[C]2([Ti+3])C=CC=C2)c1.[Cl-].[Cl-].[Cl-]. The predicted octanol–water partition coefficient (Wildman–Crippen LogP) is -1.77. The molecule has 0 aromatic heterocycles. The number of hydrogen-bond acceptors (Lipinski definition) is 0. The van der Waals surface area contributed by atoms with Crippen LogP contribution in [0, 0.1) is 0 Å². The van der Waals surface area contributed by atoms with Crippen LogP contribution in [-0.2, 0) is 33.3 Å². The molecule has 0 nitrogen and oxygen atoms in total. The molecule has 0 saturated carbocycles. The van der Waals surface area contributed by atoms with Gasteiger partial charge in [-0.2, -0.15) is 0 Å². The third-order valence-electron chi connectivity index (χ3n) is 6.28. The molecular formula is C25H39Cl3SiTi. The number of rotatable bonds is 12. The molecule has 30 heavy (non-hydrogen) atoms. The Balaban J connectivity index is 0. The first kappa shape index (κ1) is 32.7. The molecule has 1 aromatic rings. The Kier molecular flexibility index (Phi) is 17.6. The van der Waals surface area contributed by atoms with Gasteiger partial charge in [-0.3, -0.25) is 0 Å². The second-order valence-electron chi connectivity index (χ2n) is 8.87. The normalized spacial score (nSPS) is 14.1. The molecule has 2 rings (SSSR count). The Morgan fingerprint density at radius 2 is 1.13 bits per heavy atom. The number of hydrogen-bond donors (Lipinski definition) is 0. The fourth-order valence-electron chi connectivity index (χ4n) is 4.05. The minimum absolute atomic E-state index is 0. The fraction of sp³-hybridized carbons (Fsp3) is 0.600. The zero-order valence-electron chi connectivity index (χ0n) is 19.2. The van der Waals surface area contributed by atoms with Crippen LogP contribution in [0.1, 0.15) is 76.3 Å². The van der Waals surface area contributed by atoms with Gasteiger partial charge in [-0.15, -0.1) is 0 Å². The van der Waals surface area contributed by atoms with Crippen LogP contribution in [0.25, 0.3) is 0 Å². The summed E-state index contributed by atoms with van der Waals surface area (Å²) in [7, 11) is -1.62. The van der Waals surface area contributed by atoms with Gasteiger partial charge in [0.1, 0.15) is 0 Å². The molecule has 5 heteroatoms. The molecule has 168 valence electrons. The van der Waals surface area contributed by atoms with Crippen molar-refractivity contribution in [2.75, 3.05) is 0 Å². The van der Waals surface area contributed by atoms with Gasteiger partial charge in [-0.05, 0) is 0 Å². The van der Waals surface area contributed by atoms with Crippen molar-refractivity contribution in [2.24, 2.45) is 0 Å². The van der Waals surface area contributed by atoms with Crippen LogP contribution >= 0.6 is 0 Å². The second kappa shape index (κ2) is 16.2. The monoisotopic (exact) mass is 520 g/mol. The minimum Gasteiger partial charge on any atom is -1.00 e. The summed E-state index contributed by atoms with van der Waals surface area (Å²) in [4.78, 5) is 0. The quantitative estimate of drug-likeness (QED) is 0.226. The first-order valence-corrected chi connectivity index (χ1v) is 15.0. The molecule has 1 aliphatic rings. The predicted molar refractivity (Wildman–Crippen MR) is 120 cm³/mol. The number of unbranched alkanes of at least 4 members (excludes halogenated alkanes) is 6. The molecule has 0 fully saturated rings. The number of allylic oxidation sites excluding steroid dienone is 4. The molecule has 0 heterocycles. The Hall–Kier alpha value is 0.501. The van der Waals surface area contributed by atoms with E-state index in [1.807, 2.05) is 0 Å². The molecule has 0 bridgehead atoms. The second-order valence-corrected chi connectivity index (χ2v) is 15.6. The van der Waals surface area contributed by atoms with Crippen LogP contribution in [-0.4, -0.2) is 8.07 Å². The van der Waals surface area contributed by atoms with E-state index >= 15 is 0 Å². The van der Waals surface area contributed by atoms with Gasteiger partial charge in [0.15, 0.2) is 0 Å². The summed E-state index contributed by atoms with van der Waals surface area (Å²) in [6, 6.07) is 7.66. The molecule has 1 aliphatic carbocycles. The van der Waals surface area contributed by atoms with Crippen LogP contribution < -0.4 is 42.4 Å². The Morgan fingerprint density at radius 1 is 0.700 bits per heavy atom. The van der Waals surface area contributed by atoms with Crippen molar-refractivity contribution in [3.05, 3.63) is 53.6 Å². The zero-order chi connectivity index (χ0) is 19.8. The van der Waals surface area contributed by atoms with Gasteiger partial charge < -0.3 is 37.2 Å². The average molecular weight is 522 g/mol. The molecule has 0 amide bonds. The molecule has 0 aliphatic heterocycles. The standard InChI is InChI=1S/C25H39Si.3ClH.Ti/c1-5-7-9-11-15-22-19-23(16-12-10-8-6-2)21-25(20-22)26(3,4)24-17-13-14-18-24;;;;/h13-14,17-21H,5-12,15-16H2,1-4H3;3*1H;/q;;;;+3/p-3. The van der Waals surface area contributed by atoms with Crippen LogP contribution in [0.4, 0.5) is 0 Å². The van der Waals surface area contributed by atoms with Crippen LogP contribution in [0.5, 0.6) is 0 Å². The van der Waals surface area contributed by atoms with E-state index < -0.39 is 8.07 Å². The van der Waals surface area contributed by atoms with Crippen molar-refractivity contribution < 1.29 is 57.7 Å². The van der Waals surface area contributed by atoms with E-state index in [9.17, 15) is 0 Å². The minimum atomic E-state index is -1.62. The summed E-state index contributed by atoms with van der Waals surface area (Å²) in [6.07, 6.45) is 22.7. The zero-order valence-corrected chi connectivity index (χ0v) is 24.1. The van der Waals surface area contributed by atoms with E-state index in [-0.39, 0.29) is 40.6 Å². The maximum atomic E-state index is 2.57. The Bertz CT molecular complexity index is 614. The smallest absolute Gasteiger partial charge is 1.00 e. The van der Waals surface area contributed by atoms with Crippen LogP contribution in [0.2, 0.25) is 16.4 Å². The molecule has 0 saturated heterocycles. The van der Waals surface area contributed by atoms with Crippen molar-refractivity contribution in [1.82, 2.24) is 0 Å². The Labute approximate surface area is 217 Å². The summed E-state index contributed by atoms with van der Waals surface area (Å²) in [5, 5.41) is 1.65. The maximum absolute atomic E-state index is 2.57. The van der Waals surface area contributed by atoms with Gasteiger partial charge in [-0.1, -0.05) is 0 Å². The van der Waals surface area contributed by atoms with E-state index in [1.54, 1.807) is 16.3 Å². The topological polar surface area (TPSA) is 0 Å². The van der Waals surface area contributed by atoms with Crippen molar-refractivity contribution in [3.8, 4) is 0 Å². The van der Waals surface area contributed by atoms with E-state index in [1.165, 1.54) is 64.2 Å². The van der Waals surface area contributed by atoms with Gasteiger partial charge in [0.05, 0.1) is 0 Å². The van der Waals surface area contributed by atoms with E-state index in [2.05, 4.69) is 89.9 Å². The largest absolute Gasteiger partial charge is 1.00 e. The van der Waals surface area contributed by atoms with Gasteiger partial charge in [0.25, 0.3) is 0 Å². The summed E-state index contributed by atoms with van der Waals surface area (Å²) in [6.45, 7) is 9.72. The van der Waals surface area contributed by atoms with E-state index in [0.29, 0.717) is 0 Å². The first-order chi connectivity index (χ1) is 12.9. The van der Waals surface area contributed by atoms with Gasteiger partial charge in [0, 0.05) is 0 Å². The van der Waals surface area contributed by atoms with E-state index in [4.69, 9.17) is 0 Å². The molecule has 0 spiro atoms. The molecule has 0 N–H and O–H groups in total. The van der Waals surface area contributed by atoms with Gasteiger partial charge >= 0.3 is 182 Å². The fourth-order valence-corrected chi connectivity index (χ4v) is 7.62. The molecule has 0 unspecified atom stereocenters. The van der Waals surface area contributed by atoms with Crippen molar-refractivity contribution in [3.63, 3.8) is 0 Å². The Morgan fingerprint density at radius 3 is 1.53 bits per heavy atom. The number of halogens is 3. The molecule has 0 radical (unpaired) electrons. The first-order valence-electron chi connectivity index (χ1n) is 11.2. The van der Waals surface area contributed by atoms with E-state index in [0.717, 1.165) is 0 Å². The summed E-state index contributed by atoms with van der Waals surface area (Å²) >= 11 is 2.44. The van der Waals surface area contributed by atoms with Crippen LogP contribution in [0.15, 0.2) is 42.5 Å². The van der Waals surface area contributed by atoms with Gasteiger partial charge in [-0.25, -0.2) is 0 Å². The summed E-state index contributed by atoms with van der Waals surface area (Å²) in [5.74, 6) is 0. The van der Waals surface area contributed by atoms with Gasteiger partial charge in [0.2, 0.25) is 0 Å². The maximum Gasteiger partial charge on any atom is -1.00 e.